The van der Waals surface area contributed by atoms with Gasteiger partial charge in [-0.25, -0.2) is 0 Å². The molecule has 0 aromatic rings. The van der Waals surface area contributed by atoms with Gasteiger partial charge < -0.3 is 15.6 Å². The van der Waals surface area contributed by atoms with Gasteiger partial charge in [0.15, 0.2) is 0 Å². The molecule has 0 aliphatic carbocycles. The number of nitrogens with one attached hydrogen (secondary N) is 2. The first-order valence-electron chi connectivity index (χ1n) is 2.94. The van der Waals surface area contributed by atoms with Gasteiger partial charge >= 0.3 is 0 Å². The maximum Gasteiger partial charge on any atom is 0.141 e. The Morgan fingerprint density at radius 3 is 1.90 bits per heavy atom. The topological polar surface area (TPSA) is 56.9 Å². The molecule has 0 aliphatic heterocycles. The van der Waals surface area contributed by atoms with Crippen molar-refractivity contribution in [2.75, 3.05) is 7.11 Å². The number of methoxy groups -OCH3 is 1. The summed E-state index contributed by atoms with van der Waals surface area (Å²) in [5.41, 5.74) is 0.734. The third-order valence-electron chi connectivity index (χ3n) is 0.937. The Morgan fingerprint density at radius 1 is 1.30 bits per heavy atom. The second-order valence-electron chi connectivity index (χ2n) is 2.02. The van der Waals surface area contributed by atoms with Crippen LogP contribution >= 0.6 is 0 Å². The lowest BCUT2D eigenvalue weighted by Crippen LogP contribution is -1.99. The molecule has 0 spiro atoms. The lowest BCUT2D eigenvalue weighted by atomic mass is 10.3. The van der Waals surface area contributed by atoms with Crippen LogP contribution in [-0.4, -0.2) is 18.5 Å². The van der Waals surface area contributed by atoms with Gasteiger partial charge in [0.1, 0.15) is 5.76 Å². The fourth-order valence-electron chi connectivity index (χ4n) is 0.517. The van der Waals surface area contributed by atoms with E-state index < -0.39 is 0 Å². The maximum absolute atomic E-state index is 7.15. The molecule has 0 fully saturated rings. The molecule has 56 valence electrons. The lowest BCUT2D eigenvalue weighted by Gasteiger charge is -2.01. The van der Waals surface area contributed by atoms with Crippen LogP contribution in [0.25, 0.3) is 0 Å². The molecule has 0 aromatic heterocycles. The summed E-state index contributed by atoms with van der Waals surface area (Å²) in [4.78, 5) is 0. The smallest absolute Gasteiger partial charge is 0.141 e. The molecule has 0 heterocycles. The summed E-state index contributed by atoms with van der Waals surface area (Å²) in [6.45, 7) is 3.26. The number of allylic oxidation sites excluding steroid dienone is 2. The summed E-state index contributed by atoms with van der Waals surface area (Å²) >= 11 is 0. The molecule has 0 saturated heterocycles. The van der Waals surface area contributed by atoms with E-state index in [0.29, 0.717) is 17.2 Å². The summed E-state index contributed by atoms with van der Waals surface area (Å²) in [5.74, 6) is 0.451. The zero-order valence-electron chi connectivity index (χ0n) is 6.49. The molecular weight excluding hydrogens is 128 g/mol. The van der Waals surface area contributed by atoms with Crippen molar-refractivity contribution in [3.05, 3.63) is 11.8 Å². The number of ether oxygens (including phenoxy) is 1. The summed E-state index contributed by atoms with van der Waals surface area (Å²) < 4.78 is 4.82. The van der Waals surface area contributed by atoms with Crippen LogP contribution in [0.4, 0.5) is 0 Å². The molecular formula is C7H12N2O. The molecule has 0 aliphatic rings. The molecule has 10 heavy (non-hydrogen) atoms. The zero-order chi connectivity index (χ0) is 8.15. The van der Waals surface area contributed by atoms with E-state index in [1.165, 1.54) is 13.2 Å². The largest absolute Gasteiger partial charge is 0.495 e. The Bertz CT molecular complexity index is 182. The summed E-state index contributed by atoms with van der Waals surface area (Å²) in [6.07, 6.45) is 1.52. The van der Waals surface area contributed by atoms with E-state index in [2.05, 4.69) is 0 Å². The Hall–Kier alpha value is -1.12. The fraction of sp³-hybridized carbons (Fsp3) is 0.429. The fourth-order valence-corrected chi connectivity index (χ4v) is 0.517. The Labute approximate surface area is 60.7 Å². The quantitative estimate of drug-likeness (QED) is 0.454. The van der Waals surface area contributed by atoms with E-state index >= 15 is 0 Å². The Kier molecular flexibility index (Phi) is 3.39. The minimum absolute atomic E-state index is 0.342. The Morgan fingerprint density at radius 2 is 1.80 bits per heavy atom. The van der Waals surface area contributed by atoms with Crippen molar-refractivity contribution in [2.24, 2.45) is 0 Å². The minimum Gasteiger partial charge on any atom is -0.495 e. The molecule has 2 N–H and O–H groups in total. The van der Waals surface area contributed by atoms with E-state index in [1.807, 2.05) is 0 Å². The van der Waals surface area contributed by atoms with Crippen LogP contribution in [0.5, 0.6) is 0 Å². The SMILES string of the molecule is CO/C(=C/C(C)=N)C(C)=N. The van der Waals surface area contributed by atoms with E-state index in [0.717, 1.165) is 0 Å². The van der Waals surface area contributed by atoms with Crippen molar-refractivity contribution in [1.82, 2.24) is 0 Å². The first kappa shape index (κ1) is 8.88. The van der Waals surface area contributed by atoms with Crippen LogP contribution in [0.15, 0.2) is 11.8 Å². The van der Waals surface area contributed by atoms with E-state index in [1.54, 1.807) is 13.8 Å². The second-order valence-corrected chi connectivity index (χ2v) is 2.02. The van der Waals surface area contributed by atoms with Crippen molar-refractivity contribution < 1.29 is 4.74 Å². The van der Waals surface area contributed by atoms with Crippen molar-refractivity contribution in [1.29, 1.82) is 10.8 Å². The highest BCUT2D eigenvalue weighted by molar-refractivity contribution is 6.01. The van der Waals surface area contributed by atoms with E-state index in [4.69, 9.17) is 15.6 Å². The monoisotopic (exact) mass is 140 g/mol. The van der Waals surface area contributed by atoms with Crippen LogP contribution in [-0.2, 0) is 4.74 Å². The molecule has 0 saturated carbocycles. The van der Waals surface area contributed by atoms with Gasteiger partial charge in [0, 0.05) is 11.8 Å². The molecule has 3 nitrogen and oxygen atoms in total. The standard InChI is InChI=1S/C7H12N2O/c1-5(8)4-7(10-3)6(2)9/h4,8-9H,1-3H3/b7-4+,8-5?,9-6?. The predicted molar refractivity (Wildman–Crippen MR) is 41.9 cm³/mol. The number of hydrogen-bond donors (Lipinski definition) is 2. The van der Waals surface area contributed by atoms with Gasteiger partial charge in [-0.05, 0) is 13.8 Å². The molecule has 0 amide bonds. The van der Waals surface area contributed by atoms with Gasteiger partial charge in [0.05, 0.1) is 12.8 Å². The average molecular weight is 140 g/mol. The van der Waals surface area contributed by atoms with Crippen LogP contribution < -0.4 is 0 Å². The van der Waals surface area contributed by atoms with Crippen molar-refractivity contribution >= 4 is 11.4 Å². The third-order valence-corrected chi connectivity index (χ3v) is 0.937. The van der Waals surface area contributed by atoms with Gasteiger partial charge in [-0.15, -0.1) is 0 Å². The van der Waals surface area contributed by atoms with E-state index in [9.17, 15) is 0 Å². The van der Waals surface area contributed by atoms with Crippen LogP contribution in [0.2, 0.25) is 0 Å². The van der Waals surface area contributed by atoms with Crippen LogP contribution in [0.3, 0.4) is 0 Å². The average Bonchev–Trinajstić information content (AvgIpc) is 1.81. The maximum atomic E-state index is 7.15. The summed E-state index contributed by atoms with van der Waals surface area (Å²) in [6, 6.07) is 0. The number of hydrogen-bond acceptors (Lipinski definition) is 3. The van der Waals surface area contributed by atoms with Crippen LogP contribution in [0, 0.1) is 10.8 Å². The summed E-state index contributed by atoms with van der Waals surface area (Å²) in [5, 5.41) is 14.2. The molecule has 0 aromatic carbocycles. The first-order chi connectivity index (χ1) is 4.57. The molecule has 0 radical (unpaired) electrons. The number of rotatable bonds is 3. The molecule has 0 unspecified atom stereocenters. The highest BCUT2D eigenvalue weighted by Gasteiger charge is 1.97. The predicted octanol–water partition coefficient (Wildman–Crippen LogP) is 1.60. The molecule has 0 atom stereocenters. The minimum atomic E-state index is 0.342. The van der Waals surface area contributed by atoms with Gasteiger partial charge in [0.2, 0.25) is 0 Å². The highest BCUT2D eigenvalue weighted by Crippen LogP contribution is 1.96. The normalized spacial score (nSPS) is 10.9. The van der Waals surface area contributed by atoms with Gasteiger partial charge in [-0.1, -0.05) is 0 Å². The van der Waals surface area contributed by atoms with Crippen molar-refractivity contribution in [3.8, 4) is 0 Å². The zero-order valence-corrected chi connectivity index (χ0v) is 6.49. The van der Waals surface area contributed by atoms with Gasteiger partial charge in [-0.2, -0.15) is 0 Å². The molecule has 0 rings (SSSR count). The summed E-state index contributed by atoms with van der Waals surface area (Å²) in [7, 11) is 1.49. The second kappa shape index (κ2) is 3.82. The first-order valence-corrected chi connectivity index (χ1v) is 2.94. The molecule has 3 heteroatoms. The lowest BCUT2D eigenvalue weighted by molar-refractivity contribution is 0.315. The molecule has 0 bridgehead atoms. The van der Waals surface area contributed by atoms with Crippen LogP contribution in [0.1, 0.15) is 13.8 Å². The van der Waals surface area contributed by atoms with E-state index in [-0.39, 0.29) is 0 Å². The highest BCUT2D eigenvalue weighted by atomic mass is 16.5. The van der Waals surface area contributed by atoms with Crippen molar-refractivity contribution in [2.45, 2.75) is 13.8 Å². The van der Waals surface area contributed by atoms with Crippen molar-refractivity contribution in [3.63, 3.8) is 0 Å². The van der Waals surface area contributed by atoms with Gasteiger partial charge in [0.25, 0.3) is 0 Å². The Balaban J connectivity index is 4.34. The van der Waals surface area contributed by atoms with Gasteiger partial charge in [-0.3, -0.25) is 0 Å². The third kappa shape index (κ3) is 3.02.